The van der Waals surface area contributed by atoms with Crippen molar-refractivity contribution in [2.45, 2.75) is 29.7 Å². The molecule has 3 atom stereocenters. The first-order valence-corrected chi connectivity index (χ1v) is 8.41. The van der Waals surface area contributed by atoms with Gasteiger partial charge < -0.3 is 0 Å². The van der Waals surface area contributed by atoms with Crippen LogP contribution in [0.1, 0.15) is 24.8 Å². The first-order valence-electron chi connectivity index (χ1n) is 6.69. The van der Waals surface area contributed by atoms with Crippen LogP contribution in [0.4, 0.5) is 0 Å². The zero-order valence-electron chi connectivity index (χ0n) is 11.0. The number of hydrogen-bond acceptors (Lipinski definition) is 1. The maximum atomic E-state index is 10.3. The molecule has 0 amide bonds. The normalized spacial score (nSPS) is 26.9. The molecular formula is C17H18OSe. The SMILES string of the molecule is CC(O)[C@@]1([Se]c2ccccc2)C[C@@H]1c1ccccc1. The zero-order chi connectivity index (χ0) is 13.3. The van der Waals surface area contributed by atoms with Crippen LogP contribution in [0, 0.1) is 0 Å². The Kier molecular flexibility index (Phi) is 3.49. The van der Waals surface area contributed by atoms with Gasteiger partial charge in [0, 0.05) is 0 Å². The molecular weight excluding hydrogens is 299 g/mol. The van der Waals surface area contributed by atoms with Crippen LogP contribution in [0.15, 0.2) is 60.7 Å². The van der Waals surface area contributed by atoms with Gasteiger partial charge >= 0.3 is 120 Å². The van der Waals surface area contributed by atoms with E-state index in [1.54, 1.807) is 0 Å². The summed E-state index contributed by atoms with van der Waals surface area (Å²) < 4.78 is 1.48. The molecule has 0 spiro atoms. The van der Waals surface area contributed by atoms with Crippen molar-refractivity contribution in [2.75, 3.05) is 0 Å². The minimum atomic E-state index is -0.238. The number of benzene rings is 2. The summed E-state index contributed by atoms with van der Waals surface area (Å²) in [7, 11) is 0. The van der Waals surface area contributed by atoms with Crippen molar-refractivity contribution in [3.05, 3.63) is 66.2 Å². The molecule has 0 aliphatic heterocycles. The van der Waals surface area contributed by atoms with Crippen LogP contribution >= 0.6 is 0 Å². The molecule has 0 aromatic heterocycles. The van der Waals surface area contributed by atoms with Crippen LogP contribution < -0.4 is 4.46 Å². The molecule has 1 nitrogen and oxygen atoms in total. The summed E-state index contributed by atoms with van der Waals surface area (Å²) >= 11 is 0.322. The molecule has 98 valence electrons. The first kappa shape index (κ1) is 12.9. The molecule has 1 saturated carbocycles. The number of hydrogen-bond donors (Lipinski definition) is 1. The van der Waals surface area contributed by atoms with Gasteiger partial charge in [0.25, 0.3) is 0 Å². The standard InChI is InChI=1S/C17H18OSe/c1-13(18)17(19-15-10-6-3-7-11-15)12-16(17)14-8-4-2-5-9-14/h2-11,13,16,18H,12H2,1H3/t13?,16-,17+/m1/s1. The van der Waals surface area contributed by atoms with Gasteiger partial charge in [-0.25, -0.2) is 0 Å². The average Bonchev–Trinajstić information content (AvgIpc) is 3.17. The van der Waals surface area contributed by atoms with Crippen LogP contribution in [0.25, 0.3) is 0 Å². The number of aliphatic hydroxyl groups is 1. The maximum absolute atomic E-state index is 10.3. The van der Waals surface area contributed by atoms with E-state index in [2.05, 4.69) is 60.7 Å². The monoisotopic (exact) mass is 318 g/mol. The summed E-state index contributed by atoms with van der Waals surface area (Å²) in [6.07, 6.45) is 0.877. The van der Waals surface area contributed by atoms with Crippen LogP contribution in [-0.2, 0) is 0 Å². The van der Waals surface area contributed by atoms with E-state index in [9.17, 15) is 5.11 Å². The van der Waals surface area contributed by atoms with Crippen LogP contribution in [0.3, 0.4) is 0 Å². The third-order valence-electron chi connectivity index (χ3n) is 3.91. The third-order valence-corrected chi connectivity index (χ3v) is 7.44. The van der Waals surface area contributed by atoms with Gasteiger partial charge in [0.05, 0.1) is 0 Å². The Bertz CT molecular complexity index is 538. The van der Waals surface area contributed by atoms with Crippen LogP contribution in [0.2, 0.25) is 4.31 Å². The quantitative estimate of drug-likeness (QED) is 0.860. The van der Waals surface area contributed by atoms with Gasteiger partial charge in [-0.05, 0) is 0 Å². The predicted octanol–water partition coefficient (Wildman–Crippen LogP) is 2.74. The van der Waals surface area contributed by atoms with Gasteiger partial charge in [-0.1, -0.05) is 0 Å². The summed E-state index contributed by atoms with van der Waals surface area (Å²) in [4.78, 5) is 0. The second-order valence-electron chi connectivity index (χ2n) is 5.21. The fourth-order valence-electron chi connectivity index (χ4n) is 2.71. The van der Waals surface area contributed by atoms with Crippen molar-refractivity contribution < 1.29 is 5.11 Å². The topological polar surface area (TPSA) is 20.2 Å². The van der Waals surface area contributed by atoms with Crippen LogP contribution in [-0.4, -0.2) is 26.2 Å². The summed E-state index contributed by atoms with van der Waals surface area (Å²) in [6, 6.07) is 21.2. The Morgan fingerprint density at radius 1 is 1.05 bits per heavy atom. The van der Waals surface area contributed by atoms with E-state index in [1.165, 1.54) is 10.0 Å². The van der Waals surface area contributed by atoms with Crippen molar-refractivity contribution in [3.8, 4) is 0 Å². The molecule has 0 saturated heterocycles. The number of rotatable bonds is 4. The van der Waals surface area contributed by atoms with E-state index >= 15 is 0 Å². The molecule has 2 aromatic rings. The molecule has 1 fully saturated rings. The van der Waals surface area contributed by atoms with Gasteiger partial charge in [0.15, 0.2) is 0 Å². The molecule has 0 radical (unpaired) electrons. The molecule has 1 unspecified atom stereocenters. The summed E-state index contributed by atoms with van der Waals surface area (Å²) in [5.74, 6) is 0.522. The van der Waals surface area contributed by atoms with Crippen molar-refractivity contribution in [2.24, 2.45) is 0 Å². The molecule has 2 heteroatoms. The summed E-state index contributed by atoms with van der Waals surface area (Å²) in [5, 5.41) is 10.3. The van der Waals surface area contributed by atoms with Gasteiger partial charge in [-0.3, -0.25) is 0 Å². The van der Waals surface area contributed by atoms with Gasteiger partial charge in [0.1, 0.15) is 0 Å². The fraction of sp³-hybridized carbons (Fsp3) is 0.294. The Balaban J connectivity index is 1.84. The Morgan fingerprint density at radius 2 is 1.63 bits per heavy atom. The van der Waals surface area contributed by atoms with Gasteiger partial charge in [-0.15, -0.1) is 0 Å². The average molecular weight is 317 g/mol. The molecule has 0 bridgehead atoms. The van der Waals surface area contributed by atoms with E-state index in [-0.39, 0.29) is 10.4 Å². The molecule has 1 aliphatic rings. The Morgan fingerprint density at radius 3 is 2.21 bits per heavy atom. The third kappa shape index (κ3) is 2.49. The van der Waals surface area contributed by atoms with Gasteiger partial charge in [0.2, 0.25) is 0 Å². The van der Waals surface area contributed by atoms with Crippen molar-refractivity contribution >= 4 is 19.4 Å². The second kappa shape index (κ2) is 5.13. The molecule has 19 heavy (non-hydrogen) atoms. The molecule has 0 heterocycles. The van der Waals surface area contributed by atoms with Crippen molar-refractivity contribution in [3.63, 3.8) is 0 Å². The van der Waals surface area contributed by atoms with Gasteiger partial charge in [-0.2, -0.15) is 0 Å². The second-order valence-corrected chi connectivity index (χ2v) is 8.23. The number of aliphatic hydroxyl groups excluding tert-OH is 1. The van der Waals surface area contributed by atoms with E-state index < -0.39 is 0 Å². The molecule has 2 aromatic carbocycles. The fourth-order valence-corrected chi connectivity index (χ4v) is 5.72. The summed E-state index contributed by atoms with van der Waals surface area (Å²) in [5.41, 5.74) is 1.38. The molecule has 1 aliphatic carbocycles. The minimum absolute atomic E-state index is 0.0930. The van der Waals surface area contributed by atoms with E-state index in [0.717, 1.165) is 6.42 Å². The Labute approximate surface area is 120 Å². The van der Waals surface area contributed by atoms with Crippen molar-refractivity contribution in [1.82, 2.24) is 0 Å². The Hall–Kier alpha value is -1.08. The van der Waals surface area contributed by atoms with E-state index in [0.29, 0.717) is 20.9 Å². The molecule has 1 N–H and O–H groups in total. The van der Waals surface area contributed by atoms with Crippen LogP contribution in [0.5, 0.6) is 0 Å². The zero-order valence-corrected chi connectivity index (χ0v) is 12.7. The predicted molar refractivity (Wildman–Crippen MR) is 80.0 cm³/mol. The summed E-state index contributed by atoms with van der Waals surface area (Å²) in [6.45, 7) is 1.95. The molecule has 3 rings (SSSR count). The van der Waals surface area contributed by atoms with Crippen molar-refractivity contribution in [1.29, 1.82) is 0 Å². The first-order chi connectivity index (χ1) is 9.22. The van der Waals surface area contributed by atoms with E-state index in [1.807, 2.05) is 6.92 Å². The van der Waals surface area contributed by atoms with E-state index in [4.69, 9.17) is 0 Å².